The van der Waals surface area contributed by atoms with Gasteiger partial charge in [0.25, 0.3) is 0 Å². The number of amides is 1. The summed E-state index contributed by atoms with van der Waals surface area (Å²) in [5.41, 5.74) is 0. The second-order valence-electron chi connectivity index (χ2n) is 6.55. The zero-order chi connectivity index (χ0) is 17.9. The summed E-state index contributed by atoms with van der Waals surface area (Å²) in [5, 5.41) is 0. The Kier molecular flexibility index (Phi) is 9.95. The lowest BCUT2D eigenvalue weighted by atomic mass is 9.98. The third kappa shape index (κ3) is 7.18. The van der Waals surface area contributed by atoms with Crippen LogP contribution < -0.4 is 0 Å². The normalized spacial score (nSPS) is 20.6. The van der Waals surface area contributed by atoms with Crippen molar-refractivity contribution in [3.63, 3.8) is 0 Å². The van der Waals surface area contributed by atoms with Crippen molar-refractivity contribution in [3.8, 4) is 0 Å². The molecule has 0 bridgehead atoms. The van der Waals surface area contributed by atoms with Crippen molar-refractivity contribution in [2.24, 2.45) is 16.8 Å². The average Bonchev–Trinajstić information content (AvgIpc) is 2.61. The van der Waals surface area contributed by atoms with Crippen LogP contribution in [0.5, 0.6) is 0 Å². The predicted molar refractivity (Wildman–Crippen MR) is 97.6 cm³/mol. The van der Waals surface area contributed by atoms with Crippen molar-refractivity contribution in [3.05, 3.63) is 0 Å². The molecular weight excluding hydrogens is 306 g/mol. The van der Waals surface area contributed by atoms with E-state index in [1.165, 1.54) is 0 Å². The fourth-order valence-electron chi connectivity index (χ4n) is 2.90. The van der Waals surface area contributed by atoms with Crippen LogP contribution in [0.25, 0.3) is 0 Å². The Bertz CT molecular complexity index is 385. The molecule has 2 fully saturated rings. The Morgan fingerprint density at radius 1 is 1.17 bits per heavy atom. The quantitative estimate of drug-likeness (QED) is 0.583. The highest BCUT2D eigenvalue weighted by molar-refractivity contribution is 5.93. The van der Waals surface area contributed by atoms with E-state index < -0.39 is 6.09 Å². The molecule has 2 saturated heterocycles. The Hall–Kier alpha value is -1.14. The highest BCUT2D eigenvalue weighted by atomic mass is 16.5. The molecule has 2 heterocycles. The maximum Gasteiger partial charge on any atom is 0.435 e. The maximum atomic E-state index is 12.0. The standard InChI is InChI=1S/C16H29N3O3.C2H6/c1-13(2)15(19-8-10-21-11-9-19)17-16(20)22-12-14-4-6-18(3)7-5-14;1-2/h13-14H,4-12H2,1-3H3;1-2H3/b17-15-;. The molecule has 2 aliphatic heterocycles. The molecule has 140 valence electrons. The molecule has 2 rings (SSSR count). The molecule has 0 atom stereocenters. The van der Waals surface area contributed by atoms with Crippen LogP contribution in [0.3, 0.4) is 0 Å². The van der Waals surface area contributed by atoms with Crippen molar-refractivity contribution in [2.75, 3.05) is 53.0 Å². The second kappa shape index (κ2) is 11.4. The molecule has 0 aromatic carbocycles. The van der Waals surface area contributed by atoms with Crippen molar-refractivity contribution < 1.29 is 14.3 Å². The van der Waals surface area contributed by atoms with Gasteiger partial charge in [0.1, 0.15) is 5.84 Å². The van der Waals surface area contributed by atoms with Gasteiger partial charge >= 0.3 is 6.09 Å². The molecular formula is C18H35N3O3. The summed E-state index contributed by atoms with van der Waals surface area (Å²) in [7, 11) is 2.13. The van der Waals surface area contributed by atoms with Gasteiger partial charge in [0.15, 0.2) is 0 Å². The Morgan fingerprint density at radius 2 is 1.75 bits per heavy atom. The number of amidine groups is 1. The van der Waals surface area contributed by atoms with Gasteiger partial charge in [0.2, 0.25) is 0 Å². The summed E-state index contributed by atoms with van der Waals surface area (Å²) in [5.74, 6) is 1.49. The highest BCUT2D eigenvalue weighted by Gasteiger charge is 2.21. The highest BCUT2D eigenvalue weighted by Crippen LogP contribution is 2.16. The van der Waals surface area contributed by atoms with Crippen LogP contribution >= 0.6 is 0 Å². The fourth-order valence-corrected chi connectivity index (χ4v) is 2.90. The van der Waals surface area contributed by atoms with Crippen LogP contribution in [-0.4, -0.2) is 74.8 Å². The molecule has 0 saturated carbocycles. The lowest BCUT2D eigenvalue weighted by molar-refractivity contribution is 0.0657. The van der Waals surface area contributed by atoms with E-state index in [4.69, 9.17) is 9.47 Å². The van der Waals surface area contributed by atoms with Crippen LogP contribution in [0.15, 0.2) is 4.99 Å². The first-order chi connectivity index (χ1) is 11.6. The SMILES string of the molecule is CC.CC(C)/C(=N/C(=O)OCC1CCN(C)CC1)N1CCOCC1. The van der Waals surface area contributed by atoms with Crippen molar-refractivity contribution in [2.45, 2.75) is 40.5 Å². The lowest BCUT2D eigenvalue weighted by Gasteiger charge is -2.31. The summed E-state index contributed by atoms with van der Waals surface area (Å²) in [6.45, 7) is 13.7. The number of rotatable bonds is 3. The average molecular weight is 341 g/mol. The smallest absolute Gasteiger partial charge is 0.435 e. The molecule has 0 aromatic heterocycles. The van der Waals surface area contributed by atoms with Crippen molar-refractivity contribution in [1.29, 1.82) is 0 Å². The third-order valence-electron chi connectivity index (χ3n) is 4.34. The van der Waals surface area contributed by atoms with E-state index in [1.807, 2.05) is 13.8 Å². The van der Waals surface area contributed by atoms with Gasteiger partial charge in [-0.1, -0.05) is 27.7 Å². The minimum absolute atomic E-state index is 0.203. The number of likely N-dealkylation sites (tertiary alicyclic amines) is 1. The minimum Gasteiger partial charge on any atom is -0.448 e. The molecule has 1 amide bonds. The largest absolute Gasteiger partial charge is 0.448 e. The summed E-state index contributed by atoms with van der Waals surface area (Å²) >= 11 is 0. The van der Waals surface area contributed by atoms with E-state index in [-0.39, 0.29) is 5.92 Å². The zero-order valence-corrected chi connectivity index (χ0v) is 16.1. The topological polar surface area (TPSA) is 54.4 Å². The first kappa shape index (κ1) is 20.9. The van der Waals surface area contributed by atoms with E-state index in [2.05, 4.69) is 35.7 Å². The predicted octanol–water partition coefficient (Wildman–Crippen LogP) is 2.88. The Labute approximate surface area is 147 Å². The number of hydrogen-bond acceptors (Lipinski definition) is 4. The Morgan fingerprint density at radius 3 is 2.29 bits per heavy atom. The zero-order valence-electron chi connectivity index (χ0n) is 16.1. The van der Waals surface area contributed by atoms with Gasteiger partial charge in [-0.3, -0.25) is 0 Å². The minimum atomic E-state index is -0.450. The molecule has 0 N–H and O–H groups in total. The summed E-state index contributed by atoms with van der Waals surface area (Å²) < 4.78 is 10.7. The van der Waals surface area contributed by atoms with Gasteiger partial charge < -0.3 is 19.3 Å². The van der Waals surface area contributed by atoms with Crippen LogP contribution in [0.2, 0.25) is 0 Å². The van der Waals surface area contributed by atoms with E-state index >= 15 is 0 Å². The number of nitrogens with zero attached hydrogens (tertiary/aromatic N) is 3. The van der Waals surface area contributed by atoms with Gasteiger partial charge in [-0.25, -0.2) is 4.79 Å². The number of morpholine rings is 1. The van der Waals surface area contributed by atoms with E-state index in [0.717, 1.165) is 44.9 Å². The van der Waals surface area contributed by atoms with Crippen molar-refractivity contribution >= 4 is 11.9 Å². The number of carbonyl (C=O) groups excluding carboxylic acids is 1. The summed E-state index contributed by atoms with van der Waals surface area (Å²) in [4.78, 5) is 20.7. The number of ether oxygens (including phenoxy) is 2. The molecule has 24 heavy (non-hydrogen) atoms. The number of hydrogen-bond donors (Lipinski definition) is 0. The molecule has 2 aliphatic rings. The first-order valence-electron chi connectivity index (χ1n) is 9.33. The van der Waals surface area contributed by atoms with E-state index in [0.29, 0.717) is 25.7 Å². The van der Waals surface area contributed by atoms with Crippen LogP contribution in [-0.2, 0) is 9.47 Å². The Balaban J connectivity index is 0.00000139. The molecule has 0 radical (unpaired) electrons. The van der Waals surface area contributed by atoms with Crippen LogP contribution in [0.4, 0.5) is 4.79 Å². The van der Waals surface area contributed by atoms with Gasteiger partial charge in [-0.05, 0) is 38.9 Å². The van der Waals surface area contributed by atoms with Crippen LogP contribution in [0.1, 0.15) is 40.5 Å². The molecule has 0 aliphatic carbocycles. The molecule has 6 nitrogen and oxygen atoms in total. The monoisotopic (exact) mass is 341 g/mol. The molecule has 0 aromatic rings. The van der Waals surface area contributed by atoms with Crippen LogP contribution in [0, 0.1) is 11.8 Å². The second-order valence-corrected chi connectivity index (χ2v) is 6.55. The fraction of sp³-hybridized carbons (Fsp3) is 0.889. The number of aliphatic imine (C=N–C) groups is 1. The molecule has 0 unspecified atom stereocenters. The van der Waals surface area contributed by atoms with Gasteiger partial charge in [-0.2, -0.15) is 4.99 Å². The van der Waals surface area contributed by atoms with E-state index in [9.17, 15) is 4.79 Å². The first-order valence-corrected chi connectivity index (χ1v) is 9.33. The molecule has 0 spiro atoms. The van der Waals surface area contributed by atoms with Gasteiger partial charge in [0, 0.05) is 19.0 Å². The van der Waals surface area contributed by atoms with E-state index in [1.54, 1.807) is 0 Å². The van der Waals surface area contributed by atoms with Gasteiger partial charge in [-0.15, -0.1) is 0 Å². The maximum absolute atomic E-state index is 12.0. The molecule has 6 heteroatoms. The number of carbonyl (C=O) groups is 1. The van der Waals surface area contributed by atoms with Gasteiger partial charge in [0.05, 0.1) is 19.8 Å². The summed E-state index contributed by atoms with van der Waals surface area (Å²) in [6, 6.07) is 0. The number of piperidine rings is 1. The lowest BCUT2D eigenvalue weighted by Crippen LogP contribution is -2.43. The third-order valence-corrected chi connectivity index (χ3v) is 4.34. The summed E-state index contributed by atoms with van der Waals surface area (Å²) in [6.07, 6.45) is 1.73. The van der Waals surface area contributed by atoms with Crippen molar-refractivity contribution in [1.82, 2.24) is 9.80 Å².